The van der Waals surface area contributed by atoms with Crippen molar-refractivity contribution < 1.29 is 9.53 Å². The lowest BCUT2D eigenvalue weighted by molar-refractivity contribution is 0.0576. The largest absolute Gasteiger partial charge is 0.443 e. The summed E-state index contributed by atoms with van der Waals surface area (Å²) in [5, 5.41) is 0. The van der Waals surface area contributed by atoms with Gasteiger partial charge in [-0.1, -0.05) is 28.1 Å². The molecule has 23 heavy (non-hydrogen) atoms. The first kappa shape index (κ1) is 17.5. The van der Waals surface area contributed by atoms with Crippen LogP contribution in [0.2, 0.25) is 0 Å². The van der Waals surface area contributed by atoms with Crippen molar-refractivity contribution >= 4 is 27.8 Å². The Kier molecular flexibility index (Phi) is 5.42. The summed E-state index contributed by atoms with van der Waals surface area (Å²) in [6, 6.07) is 11.6. The molecule has 0 aliphatic carbocycles. The Morgan fingerprint density at radius 1 is 1.22 bits per heavy atom. The maximum absolute atomic E-state index is 12.6. The van der Waals surface area contributed by atoms with E-state index in [0.29, 0.717) is 12.4 Å². The predicted octanol–water partition coefficient (Wildman–Crippen LogP) is 5.09. The number of halogens is 1. The number of anilines is 1. The molecule has 0 radical (unpaired) electrons. The number of nitrogens with zero attached hydrogens (tertiary/aromatic N) is 2. The summed E-state index contributed by atoms with van der Waals surface area (Å²) in [4.78, 5) is 18.5. The topological polar surface area (TPSA) is 42.4 Å². The molecule has 0 saturated heterocycles. The average molecular weight is 377 g/mol. The maximum Gasteiger partial charge on any atom is 0.416 e. The number of ether oxygens (including phenoxy) is 1. The number of hydrogen-bond donors (Lipinski definition) is 0. The summed E-state index contributed by atoms with van der Waals surface area (Å²) in [5.74, 6) is 0.585. The molecular formula is C18H21BrN2O2. The van der Waals surface area contributed by atoms with Gasteiger partial charge in [-0.3, -0.25) is 4.90 Å². The Hall–Kier alpha value is -1.88. The SMILES string of the molecule is Cc1ccnc(N(Cc2ccc(Br)cc2)C(=O)OC(C)(C)C)c1. The fourth-order valence-electron chi connectivity index (χ4n) is 2.00. The molecule has 1 aromatic heterocycles. The minimum atomic E-state index is -0.557. The summed E-state index contributed by atoms with van der Waals surface area (Å²) in [6.45, 7) is 7.93. The lowest BCUT2D eigenvalue weighted by atomic mass is 10.2. The average Bonchev–Trinajstić information content (AvgIpc) is 2.44. The van der Waals surface area contributed by atoms with Crippen molar-refractivity contribution in [2.24, 2.45) is 0 Å². The van der Waals surface area contributed by atoms with Gasteiger partial charge in [-0.25, -0.2) is 9.78 Å². The van der Waals surface area contributed by atoms with E-state index in [9.17, 15) is 4.79 Å². The highest BCUT2D eigenvalue weighted by atomic mass is 79.9. The molecular weight excluding hydrogens is 356 g/mol. The van der Waals surface area contributed by atoms with Crippen LogP contribution in [0.1, 0.15) is 31.9 Å². The second-order valence-electron chi connectivity index (χ2n) is 6.38. The lowest BCUT2D eigenvalue weighted by Crippen LogP contribution is -2.37. The van der Waals surface area contributed by atoms with Crippen LogP contribution in [0.4, 0.5) is 10.6 Å². The number of aryl methyl sites for hydroxylation is 1. The van der Waals surface area contributed by atoms with Gasteiger partial charge in [0.15, 0.2) is 0 Å². The minimum Gasteiger partial charge on any atom is -0.443 e. The first-order valence-electron chi connectivity index (χ1n) is 7.42. The number of amides is 1. The fraction of sp³-hybridized carbons (Fsp3) is 0.333. The van der Waals surface area contributed by atoms with E-state index >= 15 is 0 Å². The number of aromatic nitrogens is 1. The van der Waals surface area contributed by atoms with Crippen LogP contribution in [-0.2, 0) is 11.3 Å². The van der Waals surface area contributed by atoms with E-state index in [1.54, 1.807) is 11.1 Å². The zero-order chi connectivity index (χ0) is 17.0. The summed E-state index contributed by atoms with van der Waals surface area (Å²) < 4.78 is 6.53. The molecule has 0 aliphatic heterocycles. The van der Waals surface area contributed by atoms with Gasteiger partial charge in [-0.2, -0.15) is 0 Å². The number of hydrogen-bond acceptors (Lipinski definition) is 3. The molecule has 122 valence electrons. The van der Waals surface area contributed by atoms with Gasteiger partial charge in [0.2, 0.25) is 0 Å². The van der Waals surface area contributed by atoms with Gasteiger partial charge in [-0.05, 0) is 63.1 Å². The smallest absolute Gasteiger partial charge is 0.416 e. The van der Waals surface area contributed by atoms with E-state index in [2.05, 4.69) is 20.9 Å². The Morgan fingerprint density at radius 2 is 1.87 bits per heavy atom. The summed E-state index contributed by atoms with van der Waals surface area (Å²) in [6.07, 6.45) is 1.29. The second-order valence-corrected chi connectivity index (χ2v) is 7.30. The first-order valence-corrected chi connectivity index (χ1v) is 8.21. The van der Waals surface area contributed by atoms with Crippen molar-refractivity contribution in [3.05, 3.63) is 58.2 Å². The number of pyridine rings is 1. The molecule has 0 bridgehead atoms. The van der Waals surface area contributed by atoms with E-state index in [0.717, 1.165) is 15.6 Å². The van der Waals surface area contributed by atoms with Crippen LogP contribution in [0, 0.1) is 6.92 Å². The van der Waals surface area contributed by atoms with Crippen molar-refractivity contribution in [1.82, 2.24) is 4.98 Å². The summed E-state index contributed by atoms with van der Waals surface area (Å²) in [5.41, 5.74) is 1.49. The van der Waals surface area contributed by atoms with E-state index in [1.807, 2.05) is 64.1 Å². The van der Waals surface area contributed by atoms with Gasteiger partial charge in [0, 0.05) is 10.7 Å². The standard InChI is InChI=1S/C18H21BrN2O2/c1-13-9-10-20-16(11-13)21(17(22)23-18(2,3)4)12-14-5-7-15(19)8-6-14/h5-11H,12H2,1-4H3. The van der Waals surface area contributed by atoms with E-state index in [1.165, 1.54) is 0 Å². The predicted molar refractivity (Wildman–Crippen MR) is 95.5 cm³/mol. The zero-order valence-corrected chi connectivity index (χ0v) is 15.4. The molecule has 0 fully saturated rings. The van der Waals surface area contributed by atoms with Crippen LogP contribution in [-0.4, -0.2) is 16.7 Å². The number of carbonyl (C=O) groups is 1. The highest BCUT2D eigenvalue weighted by Crippen LogP contribution is 2.20. The highest BCUT2D eigenvalue weighted by molar-refractivity contribution is 9.10. The highest BCUT2D eigenvalue weighted by Gasteiger charge is 2.24. The van der Waals surface area contributed by atoms with E-state index in [4.69, 9.17) is 4.74 Å². The normalized spacial score (nSPS) is 11.2. The van der Waals surface area contributed by atoms with Crippen LogP contribution in [0.3, 0.4) is 0 Å². The summed E-state index contributed by atoms with van der Waals surface area (Å²) in [7, 11) is 0. The van der Waals surface area contributed by atoms with Gasteiger partial charge < -0.3 is 4.74 Å². The first-order chi connectivity index (χ1) is 10.7. The van der Waals surface area contributed by atoms with Crippen molar-refractivity contribution in [2.45, 2.75) is 39.8 Å². The third-order valence-corrected chi connectivity index (χ3v) is 3.57. The van der Waals surface area contributed by atoms with Gasteiger partial charge in [0.05, 0.1) is 6.54 Å². The molecule has 1 aromatic carbocycles. The van der Waals surface area contributed by atoms with Gasteiger partial charge in [-0.15, -0.1) is 0 Å². The fourth-order valence-corrected chi connectivity index (χ4v) is 2.26. The third-order valence-electron chi connectivity index (χ3n) is 3.05. The quantitative estimate of drug-likeness (QED) is 0.748. The monoisotopic (exact) mass is 376 g/mol. The maximum atomic E-state index is 12.6. The third kappa shape index (κ3) is 5.36. The van der Waals surface area contributed by atoms with Crippen LogP contribution in [0.15, 0.2) is 47.1 Å². The van der Waals surface area contributed by atoms with E-state index in [-0.39, 0.29) is 0 Å². The van der Waals surface area contributed by atoms with Crippen LogP contribution in [0.25, 0.3) is 0 Å². The molecule has 0 atom stereocenters. The number of rotatable bonds is 3. The molecule has 0 unspecified atom stereocenters. The molecule has 2 rings (SSSR count). The lowest BCUT2D eigenvalue weighted by Gasteiger charge is -2.27. The zero-order valence-electron chi connectivity index (χ0n) is 13.8. The molecule has 2 aromatic rings. The molecule has 0 aliphatic rings. The molecule has 1 heterocycles. The number of benzene rings is 1. The molecule has 1 amide bonds. The molecule has 5 heteroatoms. The van der Waals surface area contributed by atoms with Crippen molar-refractivity contribution in [3.8, 4) is 0 Å². The second kappa shape index (κ2) is 7.13. The van der Waals surface area contributed by atoms with Crippen molar-refractivity contribution in [3.63, 3.8) is 0 Å². The van der Waals surface area contributed by atoms with Crippen molar-refractivity contribution in [1.29, 1.82) is 0 Å². The van der Waals surface area contributed by atoms with Crippen LogP contribution >= 0.6 is 15.9 Å². The molecule has 4 nitrogen and oxygen atoms in total. The van der Waals surface area contributed by atoms with Crippen LogP contribution < -0.4 is 4.90 Å². The Labute approximate surface area is 145 Å². The Bertz CT molecular complexity index is 678. The molecule has 0 spiro atoms. The number of carbonyl (C=O) groups excluding carboxylic acids is 1. The minimum absolute atomic E-state index is 0.401. The van der Waals surface area contributed by atoms with Gasteiger partial charge >= 0.3 is 6.09 Å². The van der Waals surface area contributed by atoms with Crippen molar-refractivity contribution in [2.75, 3.05) is 4.90 Å². The van der Waals surface area contributed by atoms with E-state index < -0.39 is 11.7 Å². The molecule has 0 saturated carbocycles. The van der Waals surface area contributed by atoms with Gasteiger partial charge in [0.1, 0.15) is 11.4 Å². The van der Waals surface area contributed by atoms with Gasteiger partial charge in [0.25, 0.3) is 0 Å². The Balaban J connectivity index is 2.30. The Morgan fingerprint density at radius 3 is 2.43 bits per heavy atom. The van der Waals surface area contributed by atoms with Crippen LogP contribution in [0.5, 0.6) is 0 Å². The molecule has 0 N–H and O–H groups in total. The summed E-state index contributed by atoms with van der Waals surface area (Å²) >= 11 is 3.42.